The molecule has 25 heavy (non-hydrogen) atoms. The molecule has 0 saturated heterocycles. The fraction of sp³-hybridized carbons (Fsp3) is 0.211. The lowest BCUT2D eigenvalue weighted by atomic mass is 10.2. The van der Waals surface area contributed by atoms with Gasteiger partial charge in [0.05, 0.1) is 11.9 Å². The Morgan fingerprint density at radius 3 is 2.76 bits per heavy atom. The van der Waals surface area contributed by atoms with Gasteiger partial charge in [0.25, 0.3) is 5.91 Å². The third kappa shape index (κ3) is 4.67. The molecule has 0 atom stereocenters. The Hall–Kier alpha value is -3.15. The van der Waals surface area contributed by atoms with Gasteiger partial charge in [-0.2, -0.15) is 5.10 Å². The van der Waals surface area contributed by atoms with Crippen LogP contribution < -0.4 is 10.1 Å². The van der Waals surface area contributed by atoms with Crippen molar-refractivity contribution in [3.63, 3.8) is 0 Å². The summed E-state index contributed by atoms with van der Waals surface area (Å²) in [6.45, 7) is 2.53. The maximum atomic E-state index is 12.2. The first-order valence-corrected chi connectivity index (χ1v) is 8.23. The Labute approximate surface area is 146 Å². The van der Waals surface area contributed by atoms with Gasteiger partial charge in [-0.3, -0.25) is 9.89 Å². The lowest BCUT2D eigenvalue weighted by Crippen LogP contribution is -2.12. The zero-order valence-electron chi connectivity index (χ0n) is 14.0. The summed E-state index contributed by atoms with van der Waals surface area (Å²) in [5.74, 6) is 0.241. The summed E-state index contributed by atoms with van der Waals surface area (Å²) < 4.78 is 5.63. The van der Waals surface area contributed by atoms with Gasteiger partial charge < -0.3 is 10.1 Å². The smallest absolute Gasteiger partial charge is 0.276 e. The van der Waals surface area contributed by atoms with E-state index < -0.39 is 0 Å². The number of nitrogens with one attached hydrogen (secondary N) is 2. The number of hydrogen-bond donors (Lipinski definition) is 2. The number of carbonyl (C=O) groups excluding carboxylic acids is 1. The maximum absolute atomic E-state index is 12.2. The van der Waals surface area contributed by atoms with Crippen molar-refractivity contribution in [3.05, 3.63) is 71.7 Å². The molecule has 6 nitrogen and oxygen atoms in total. The average Bonchev–Trinajstić information content (AvgIpc) is 3.11. The highest BCUT2D eigenvalue weighted by molar-refractivity contribution is 6.02. The average molecular weight is 336 g/mol. The van der Waals surface area contributed by atoms with Gasteiger partial charge in [0.1, 0.15) is 6.61 Å². The van der Waals surface area contributed by atoms with E-state index in [1.165, 1.54) is 0 Å². The van der Waals surface area contributed by atoms with Gasteiger partial charge in [0.15, 0.2) is 5.69 Å². The van der Waals surface area contributed by atoms with Crippen molar-refractivity contribution >= 4 is 11.6 Å². The number of pyridine rings is 1. The van der Waals surface area contributed by atoms with Crippen molar-refractivity contribution in [2.45, 2.75) is 26.4 Å². The van der Waals surface area contributed by atoms with Gasteiger partial charge in [-0.15, -0.1) is 0 Å². The number of H-pyrrole nitrogens is 1. The first-order valence-electron chi connectivity index (χ1n) is 8.23. The number of carbonyl (C=O) groups is 1. The van der Waals surface area contributed by atoms with Crippen LogP contribution in [0.4, 0.5) is 5.69 Å². The normalized spacial score (nSPS) is 10.4. The first-order chi connectivity index (χ1) is 12.2. The fourth-order valence-electron chi connectivity index (χ4n) is 2.34. The quantitative estimate of drug-likeness (QED) is 0.691. The molecule has 0 aliphatic heterocycles. The third-order valence-electron chi connectivity index (χ3n) is 3.61. The molecule has 2 N–H and O–H groups in total. The minimum Gasteiger partial charge on any atom is -0.473 e. The van der Waals surface area contributed by atoms with Crippen molar-refractivity contribution < 1.29 is 9.53 Å². The number of rotatable bonds is 7. The first kappa shape index (κ1) is 16.7. The van der Waals surface area contributed by atoms with Gasteiger partial charge in [-0.1, -0.05) is 43.7 Å². The predicted molar refractivity (Wildman–Crippen MR) is 95.5 cm³/mol. The summed E-state index contributed by atoms with van der Waals surface area (Å²) in [4.78, 5) is 16.4. The number of ether oxygens (including phenoxy) is 1. The number of benzene rings is 1. The minimum atomic E-state index is -0.265. The molecule has 0 aliphatic rings. The van der Waals surface area contributed by atoms with Gasteiger partial charge in [-0.25, -0.2) is 4.98 Å². The number of aryl methyl sites for hydroxylation is 1. The summed E-state index contributed by atoms with van der Waals surface area (Å²) in [5.41, 5.74) is 2.99. The van der Waals surface area contributed by atoms with Crippen LogP contribution in [-0.4, -0.2) is 21.1 Å². The number of anilines is 1. The van der Waals surface area contributed by atoms with Gasteiger partial charge in [0, 0.05) is 11.8 Å². The van der Waals surface area contributed by atoms with Crippen molar-refractivity contribution in [3.8, 4) is 5.88 Å². The highest BCUT2D eigenvalue weighted by Crippen LogP contribution is 2.14. The molecule has 2 heterocycles. The molecule has 1 amide bonds. The standard InChI is InChI=1S/C19H20N4O2/c1-2-6-15-11-17(23-22-15)19(24)21-16-9-10-18(20-12-16)25-13-14-7-4-3-5-8-14/h3-5,7-12H,2,6,13H2,1H3,(H,21,24)(H,22,23). The molecular weight excluding hydrogens is 316 g/mol. The second-order valence-electron chi connectivity index (χ2n) is 5.64. The Bertz CT molecular complexity index is 813. The number of nitrogens with zero attached hydrogens (tertiary/aromatic N) is 2. The van der Waals surface area contributed by atoms with Gasteiger partial charge >= 0.3 is 0 Å². The molecule has 0 saturated carbocycles. The van der Waals surface area contributed by atoms with Crippen LogP contribution in [0, 0.1) is 0 Å². The van der Waals surface area contributed by atoms with Crippen LogP contribution in [0.5, 0.6) is 5.88 Å². The van der Waals surface area contributed by atoms with E-state index in [2.05, 4.69) is 27.4 Å². The number of hydrogen-bond acceptors (Lipinski definition) is 4. The lowest BCUT2D eigenvalue weighted by molar-refractivity contribution is 0.102. The molecule has 0 aliphatic carbocycles. The largest absolute Gasteiger partial charge is 0.473 e. The van der Waals surface area contributed by atoms with Crippen LogP contribution in [-0.2, 0) is 13.0 Å². The predicted octanol–water partition coefficient (Wildman–Crippen LogP) is 3.59. The van der Waals surface area contributed by atoms with Gasteiger partial charge in [0.2, 0.25) is 5.88 Å². The Morgan fingerprint density at radius 1 is 1.20 bits per heavy atom. The molecule has 0 spiro atoms. The number of amides is 1. The van der Waals surface area contributed by atoms with Crippen LogP contribution in [0.25, 0.3) is 0 Å². The van der Waals surface area contributed by atoms with E-state index in [0.29, 0.717) is 23.9 Å². The highest BCUT2D eigenvalue weighted by Gasteiger charge is 2.11. The zero-order chi connectivity index (χ0) is 17.5. The molecule has 0 bridgehead atoms. The van der Waals surface area contributed by atoms with E-state index in [9.17, 15) is 4.79 Å². The van der Waals surface area contributed by atoms with Crippen molar-refractivity contribution in [2.75, 3.05) is 5.32 Å². The molecule has 0 unspecified atom stereocenters. The molecule has 3 aromatic rings. The summed E-state index contributed by atoms with van der Waals surface area (Å²) in [7, 11) is 0. The molecule has 2 aromatic heterocycles. The van der Waals surface area contributed by atoms with E-state index in [1.54, 1.807) is 24.4 Å². The van der Waals surface area contributed by atoms with Crippen molar-refractivity contribution in [2.24, 2.45) is 0 Å². The molecule has 128 valence electrons. The van der Waals surface area contributed by atoms with Crippen molar-refractivity contribution in [1.29, 1.82) is 0 Å². The summed E-state index contributed by atoms with van der Waals surface area (Å²) in [6, 6.07) is 15.1. The molecule has 6 heteroatoms. The van der Waals surface area contributed by atoms with E-state index in [1.807, 2.05) is 30.3 Å². The van der Waals surface area contributed by atoms with Crippen molar-refractivity contribution in [1.82, 2.24) is 15.2 Å². The van der Waals surface area contributed by atoms with Crippen LogP contribution in [0.1, 0.15) is 35.1 Å². The second-order valence-corrected chi connectivity index (χ2v) is 5.64. The molecular formula is C19H20N4O2. The molecule has 3 rings (SSSR count). The monoisotopic (exact) mass is 336 g/mol. The highest BCUT2D eigenvalue weighted by atomic mass is 16.5. The summed E-state index contributed by atoms with van der Waals surface area (Å²) in [6.07, 6.45) is 3.44. The summed E-state index contributed by atoms with van der Waals surface area (Å²) in [5, 5.41) is 9.67. The zero-order valence-corrected chi connectivity index (χ0v) is 14.0. The van der Waals surface area contributed by atoms with E-state index in [0.717, 1.165) is 24.1 Å². The molecule has 0 radical (unpaired) electrons. The lowest BCUT2D eigenvalue weighted by Gasteiger charge is -2.07. The molecule has 1 aromatic carbocycles. The fourth-order valence-corrected chi connectivity index (χ4v) is 2.34. The summed E-state index contributed by atoms with van der Waals surface area (Å²) >= 11 is 0. The Morgan fingerprint density at radius 2 is 2.04 bits per heavy atom. The topological polar surface area (TPSA) is 79.9 Å². The minimum absolute atomic E-state index is 0.265. The van der Waals surface area contributed by atoms with Crippen LogP contribution in [0.15, 0.2) is 54.7 Å². The van der Waals surface area contributed by atoms with E-state index in [4.69, 9.17) is 4.74 Å². The Kier molecular flexibility index (Phi) is 5.41. The molecule has 0 fully saturated rings. The van der Waals surface area contributed by atoms with Crippen LogP contribution in [0.2, 0.25) is 0 Å². The number of aromatic amines is 1. The second kappa shape index (κ2) is 8.10. The third-order valence-corrected chi connectivity index (χ3v) is 3.61. The maximum Gasteiger partial charge on any atom is 0.276 e. The number of aromatic nitrogens is 3. The van der Waals surface area contributed by atoms with E-state index in [-0.39, 0.29) is 5.91 Å². The van der Waals surface area contributed by atoms with E-state index >= 15 is 0 Å². The van der Waals surface area contributed by atoms with Crippen LogP contribution in [0.3, 0.4) is 0 Å². The SMILES string of the molecule is CCCc1cc(C(=O)Nc2ccc(OCc3ccccc3)nc2)n[nH]1. The van der Waals surface area contributed by atoms with Gasteiger partial charge in [-0.05, 0) is 24.1 Å². The van der Waals surface area contributed by atoms with Crippen LogP contribution >= 0.6 is 0 Å². The Balaban J connectivity index is 1.55.